The van der Waals surface area contributed by atoms with E-state index in [-0.39, 0.29) is 0 Å². The predicted molar refractivity (Wildman–Crippen MR) is 91.5 cm³/mol. The van der Waals surface area contributed by atoms with Gasteiger partial charge >= 0.3 is 0 Å². The van der Waals surface area contributed by atoms with Gasteiger partial charge in [0.1, 0.15) is 0 Å². The zero-order valence-electron chi connectivity index (χ0n) is 14.6. The highest BCUT2D eigenvalue weighted by atomic mass is 19.2. The molecular formula is C21H30F2. The Balaban J connectivity index is 1.52. The molecule has 23 heavy (non-hydrogen) atoms. The molecule has 2 fully saturated rings. The largest absolute Gasteiger partial charge is 0.204 e. The summed E-state index contributed by atoms with van der Waals surface area (Å²) in [6, 6.07) is 3.28. The topological polar surface area (TPSA) is 0 Å². The van der Waals surface area contributed by atoms with E-state index < -0.39 is 11.6 Å². The van der Waals surface area contributed by atoms with Gasteiger partial charge in [-0.2, -0.15) is 0 Å². The van der Waals surface area contributed by atoms with Gasteiger partial charge in [-0.15, -0.1) is 0 Å². The molecular weight excluding hydrogens is 290 g/mol. The lowest BCUT2D eigenvalue weighted by atomic mass is 9.72. The molecule has 0 unspecified atom stereocenters. The second kappa shape index (κ2) is 7.32. The summed E-state index contributed by atoms with van der Waals surface area (Å²) in [7, 11) is 0. The van der Waals surface area contributed by atoms with Crippen LogP contribution in [0.4, 0.5) is 8.78 Å². The zero-order valence-corrected chi connectivity index (χ0v) is 14.6. The van der Waals surface area contributed by atoms with Crippen molar-refractivity contribution in [2.75, 3.05) is 0 Å². The van der Waals surface area contributed by atoms with Crippen molar-refractivity contribution in [3.63, 3.8) is 0 Å². The van der Waals surface area contributed by atoms with E-state index in [0.717, 1.165) is 36.2 Å². The number of rotatable bonds is 3. The van der Waals surface area contributed by atoms with Gasteiger partial charge in [-0.1, -0.05) is 38.7 Å². The Morgan fingerprint density at radius 1 is 0.870 bits per heavy atom. The second-order valence-corrected chi connectivity index (χ2v) is 8.21. The molecule has 0 N–H and O–H groups in total. The van der Waals surface area contributed by atoms with Crippen LogP contribution in [0.1, 0.15) is 81.8 Å². The molecule has 3 rings (SSSR count). The van der Waals surface area contributed by atoms with E-state index >= 15 is 0 Å². The molecule has 0 bridgehead atoms. The van der Waals surface area contributed by atoms with Gasteiger partial charge in [0.05, 0.1) is 0 Å². The molecule has 2 saturated carbocycles. The molecule has 2 aliphatic carbocycles. The first-order valence-corrected chi connectivity index (χ1v) is 9.48. The zero-order chi connectivity index (χ0) is 16.4. The summed E-state index contributed by atoms with van der Waals surface area (Å²) in [4.78, 5) is 0. The molecule has 1 aromatic rings. The maximum absolute atomic E-state index is 13.6. The molecule has 0 aliphatic heterocycles. The Morgan fingerprint density at radius 3 is 2.00 bits per heavy atom. The monoisotopic (exact) mass is 320 g/mol. The Hall–Kier alpha value is -0.920. The summed E-state index contributed by atoms with van der Waals surface area (Å²) < 4.78 is 27.1. The van der Waals surface area contributed by atoms with E-state index in [1.807, 2.05) is 6.07 Å². The SMILES string of the molecule is Cc1cc(C2CCC(CC3CCC(C)CC3)CC2)cc(F)c1F. The summed E-state index contributed by atoms with van der Waals surface area (Å²) in [5, 5.41) is 0. The highest BCUT2D eigenvalue weighted by Crippen LogP contribution is 2.41. The summed E-state index contributed by atoms with van der Waals surface area (Å²) in [6.45, 7) is 4.04. The number of hydrogen-bond donors (Lipinski definition) is 0. The maximum atomic E-state index is 13.6. The van der Waals surface area contributed by atoms with Crippen molar-refractivity contribution in [2.45, 2.75) is 77.6 Å². The van der Waals surface area contributed by atoms with Crippen molar-refractivity contribution in [1.29, 1.82) is 0 Å². The molecule has 1 aromatic carbocycles. The van der Waals surface area contributed by atoms with Gasteiger partial charge in [0.2, 0.25) is 0 Å². The Labute approximate surface area is 139 Å². The first-order valence-electron chi connectivity index (χ1n) is 9.48. The van der Waals surface area contributed by atoms with Crippen molar-refractivity contribution < 1.29 is 8.78 Å². The second-order valence-electron chi connectivity index (χ2n) is 8.21. The van der Waals surface area contributed by atoms with E-state index in [9.17, 15) is 8.78 Å². The van der Waals surface area contributed by atoms with Crippen LogP contribution in [0.3, 0.4) is 0 Å². The third kappa shape index (κ3) is 4.14. The third-order valence-electron chi connectivity index (χ3n) is 6.35. The predicted octanol–water partition coefficient (Wildman–Crippen LogP) is 6.76. The van der Waals surface area contributed by atoms with Gasteiger partial charge in [0, 0.05) is 0 Å². The van der Waals surface area contributed by atoms with Crippen LogP contribution in [-0.2, 0) is 0 Å². The number of benzene rings is 1. The summed E-state index contributed by atoms with van der Waals surface area (Å²) in [6.07, 6.45) is 11.9. The van der Waals surface area contributed by atoms with E-state index in [0.29, 0.717) is 11.5 Å². The highest BCUT2D eigenvalue weighted by Gasteiger charge is 2.27. The van der Waals surface area contributed by atoms with Gasteiger partial charge in [-0.3, -0.25) is 0 Å². The normalized spacial score (nSPS) is 32.0. The van der Waals surface area contributed by atoms with Gasteiger partial charge in [0.15, 0.2) is 11.6 Å². The quantitative estimate of drug-likeness (QED) is 0.577. The molecule has 0 aromatic heterocycles. The fourth-order valence-corrected chi connectivity index (χ4v) is 4.76. The lowest BCUT2D eigenvalue weighted by Gasteiger charge is -2.33. The van der Waals surface area contributed by atoms with Crippen LogP contribution in [0.25, 0.3) is 0 Å². The van der Waals surface area contributed by atoms with Crippen molar-refractivity contribution in [1.82, 2.24) is 0 Å². The standard InChI is InChI=1S/C21H30F2/c1-14-3-5-16(6-4-14)12-17-7-9-18(10-8-17)19-11-15(2)21(23)20(22)13-19/h11,13-14,16-18H,3-10,12H2,1-2H3. The molecule has 2 heteroatoms. The number of aryl methyl sites for hydroxylation is 1. The lowest BCUT2D eigenvalue weighted by Crippen LogP contribution is -2.19. The Kier molecular flexibility index (Phi) is 5.38. The minimum absolute atomic E-state index is 0.423. The minimum Gasteiger partial charge on any atom is -0.204 e. The summed E-state index contributed by atoms with van der Waals surface area (Å²) in [5.41, 5.74) is 1.45. The lowest BCUT2D eigenvalue weighted by molar-refractivity contribution is 0.211. The molecule has 0 spiro atoms. The van der Waals surface area contributed by atoms with Crippen LogP contribution in [0.15, 0.2) is 12.1 Å². The molecule has 0 heterocycles. The smallest absolute Gasteiger partial charge is 0.161 e. The van der Waals surface area contributed by atoms with Crippen molar-refractivity contribution in [3.8, 4) is 0 Å². The average Bonchev–Trinajstić information content (AvgIpc) is 2.55. The van der Waals surface area contributed by atoms with Crippen LogP contribution in [-0.4, -0.2) is 0 Å². The fraction of sp³-hybridized carbons (Fsp3) is 0.714. The molecule has 0 nitrogen and oxygen atoms in total. The van der Waals surface area contributed by atoms with Gasteiger partial charge in [-0.05, 0) is 79.9 Å². The summed E-state index contributed by atoms with van der Waals surface area (Å²) >= 11 is 0. The van der Waals surface area contributed by atoms with E-state index in [4.69, 9.17) is 0 Å². The maximum Gasteiger partial charge on any atom is 0.161 e. The van der Waals surface area contributed by atoms with Gasteiger partial charge in [-0.25, -0.2) is 8.78 Å². The van der Waals surface area contributed by atoms with Crippen LogP contribution in [0, 0.1) is 36.3 Å². The van der Waals surface area contributed by atoms with Gasteiger partial charge < -0.3 is 0 Å². The Morgan fingerprint density at radius 2 is 1.43 bits per heavy atom. The van der Waals surface area contributed by atoms with Crippen molar-refractivity contribution in [2.24, 2.45) is 17.8 Å². The first-order chi connectivity index (χ1) is 11.0. The number of halogens is 2. The Bertz CT molecular complexity index is 498. The van der Waals surface area contributed by atoms with Crippen LogP contribution in [0.2, 0.25) is 0 Å². The minimum atomic E-state index is -0.686. The molecule has 0 atom stereocenters. The molecule has 128 valence electrons. The first kappa shape index (κ1) is 16.9. The van der Waals surface area contributed by atoms with Crippen LogP contribution >= 0.6 is 0 Å². The molecule has 0 radical (unpaired) electrons. The third-order valence-corrected chi connectivity index (χ3v) is 6.35. The molecule has 2 aliphatic rings. The van der Waals surface area contributed by atoms with Gasteiger partial charge in [0.25, 0.3) is 0 Å². The van der Waals surface area contributed by atoms with E-state index in [2.05, 4.69) is 6.92 Å². The van der Waals surface area contributed by atoms with Crippen molar-refractivity contribution in [3.05, 3.63) is 34.9 Å². The fourth-order valence-electron chi connectivity index (χ4n) is 4.76. The number of hydrogen-bond acceptors (Lipinski definition) is 0. The highest BCUT2D eigenvalue weighted by molar-refractivity contribution is 5.28. The molecule has 0 amide bonds. The van der Waals surface area contributed by atoms with Crippen LogP contribution < -0.4 is 0 Å². The van der Waals surface area contributed by atoms with E-state index in [1.54, 1.807) is 6.92 Å². The summed E-state index contributed by atoms with van der Waals surface area (Å²) in [5.74, 6) is 1.78. The van der Waals surface area contributed by atoms with Crippen molar-refractivity contribution >= 4 is 0 Å². The van der Waals surface area contributed by atoms with E-state index in [1.165, 1.54) is 51.0 Å². The van der Waals surface area contributed by atoms with Crippen LogP contribution in [0.5, 0.6) is 0 Å². The average molecular weight is 320 g/mol. The molecule has 0 saturated heterocycles.